The number of allylic oxidation sites excluding steroid dienone is 2. The van der Waals surface area contributed by atoms with Crippen LogP contribution in [-0.4, -0.2) is 34.9 Å². The van der Waals surface area contributed by atoms with Crippen LogP contribution in [0.2, 0.25) is 0 Å². The second kappa shape index (κ2) is 7.01. The number of ketones is 1. The van der Waals surface area contributed by atoms with Crippen molar-refractivity contribution >= 4 is 29.2 Å². The van der Waals surface area contributed by atoms with Crippen molar-refractivity contribution in [3.05, 3.63) is 42.0 Å². The molecule has 6 heteroatoms. The van der Waals surface area contributed by atoms with Gasteiger partial charge in [-0.2, -0.15) is 0 Å². The maximum Gasteiger partial charge on any atom is 0.233 e. The highest BCUT2D eigenvalue weighted by Crippen LogP contribution is 2.35. The molecule has 0 saturated carbocycles. The Morgan fingerprint density at radius 2 is 1.76 bits per heavy atom. The molecular formula is C19H20N2O4. The molecule has 1 heterocycles. The van der Waals surface area contributed by atoms with Crippen molar-refractivity contribution in [2.75, 3.05) is 11.9 Å². The average Bonchev–Trinajstić information content (AvgIpc) is 2.85. The minimum absolute atomic E-state index is 0.0364. The number of fused-ring (bicyclic) bond motifs is 1. The van der Waals surface area contributed by atoms with E-state index in [9.17, 15) is 19.2 Å². The summed E-state index contributed by atoms with van der Waals surface area (Å²) in [6.07, 6.45) is 5.09. The number of nitrogens with one attached hydrogen (secondary N) is 1. The van der Waals surface area contributed by atoms with Gasteiger partial charge in [0.1, 0.15) is 0 Å². The third-order valence-electron chi connectivity index (χ3n) is 4.71. The van der Waals surface area contributed by atoms with Crippen LogP contribution in [0.25, 0.3) is 0 Å². The van der Waals surface area contributed by atoms with Crippen molar-refractivity contribution in [1.29, 1.82) is 0 Å². The lowest BCUT2D eigenvalue weighted by Gasteiger charge is -2.14. The van der Waals surface area contributed by atoms with E-state index < -0.39 is 0 Å². The van der Waals surface area contributed by atoms with E-state index in [1.165, 1.54) is 11.8 Å². The Kier molecular flexibility index (Phi) is 4.79. The van der Waals surface area contributed by atoms with Crippen LogP contribution in [0.5, 0.6) is 0 Å². The maximum absolute atomic E-state index is 12.3. The zero-order valence-electron chi connectivity index (χ0n) is 14.0. The van der Waals surface area contributed by atoms with Crippen molar-refractivity contribution in [1.82, 2.24) is 4.90 Å². The molecule has 1 aromatic rings. The Balaban J connectivity index is 1.58. The lowest BCUT2D eigenvalue weighted by Crippen LogP contribution is -2.34. The summed E-state index contributed by atoms with van der Waals surface area (Å²) in [7, 11) is 0. The van der Waals surface area contributed by atoms with Crippen molar-refractivity contribution in [2.24, 2.45) is 11.8 Å². The zero-order valence-corrected chi connectivity index (χ0v) is 14.0. The Morgan fingerprint density at radius 1 is 1.12 bits per heavy atom. The predicted octanol–water partition coefficient (Wildman–Crippen LogP) is 2.17. The number of imide groups is 1. The van der Waals surface area contributed by atoms with E-state index in [1.807, 2.05) is 12.2 Å². The first-order chi connectivity index (χ1) is 12.0. The van der Waals surface area contributed by atoms with Crippen LogP contribution in [-0.2, 0) is 14.4 Å². The number of amides is 3. The smallest absolute Gasteiger partial charge is 0.233 e. The molecule has 3 amide bonds. The number of hydrogen-bond acceptors (Lipinski definition) is 4. The van der Waals surface area contributed by atoms with Gasteiger partial charge in [-0.25, -0.2) is 0 Å². The number of benzene rings is 1. The summed E-state index contributed by atoms with van der Waals surface area (Å²) < 4.78 is 0. The summed E-state index contributed by atoms with van der Waals surface area (Å²) in [4.78, 5) is 49.4. The van der Waals surface area contributed by atoms with E-state index in [0.29, 0.717) is 24.1 Å². The number of nitrogens with zero attached hydrogens (tertiary/aromatic N) is 1. The third-order valence-corrected chi connectivity index (χ3v) is 4.71. The van der Waals surface area contributed by atoms with Gasteiger partial charge in [0, 0.05) is 24.2 Å². The fourth-order valence-corrected chi connectivity index (χ4v) is 3.34. The van der Waals surface area contributed by atoms with Crippen LogP contribution in [0.4, 0.5) is 5.69 Å². The van der Waals surface area contributed by atoms with Crippen molar-refractivity contribution < 1.29 is 19.2 Å². The number of likely N-dealkylation sites (tertiary alicyclic amines) is 1. The number of hydrogen-bond donors (Lipinski definition) is 1. The molecule has 1 aliphatic carbocycles. The van der Waals surface area contributed by atoms with Crippen LogP contribution in [0, 0.1) is 11.8 Å². The molecule has 0 bridgehead atoms. The number of anilines is 1. The van der Waals surface area contributed by atoms with Gasteiger partial charge in [0.25, 0.3) is 0 Å². The first kappa shape index (κ1) is 17.1. The molecule has 1 saturated heterocycles. The fraction of sp³-hybridized carbons (Fsp3) is 0.368. The molecule has 25 heavy (non-hydrogen) atoms. The van der Waals surface area contributed by atoms with E-state index in [2.05, 4.69) is 5.32 Å². The molecule has 1 aliphatic heterocycles. The summed E-state index contributed by atoms with van der Waals surface area (Å²) in [6.45, 7) is 1.54. The van der Waals surface area contributed by atoms with E-state index in [-0.39, 0.29) is 48.3 Å². The van der Waals surface area contributed by atoms with E-state index in [1.54, 1.807) is 24.3 Å². The van der Waals surface area contributed by atoms with Gasteiger partial charge in [0.05, 0.1) is 11.8 Å². The lowest BCUT2D eigenvalue weighted by molar-refractivity contribution is -0.140. The van der Waals surface area contributed by atoms with Gasteiger partial charge in [0.2, 0.25) is 17.7 Å². The van der Waals surface area contributed by atoms with Crippen LogP contribution < -0.4 is 5.32 Å². The number of rotatable bonds is 5. The molecule has 0 unspecified atom stereocenters. The second-order valence-electron chi connectivity index (χ2n) is 6.42. The Bertz CT molecular complexity index is 742. The summed E-state index contributed by atoms with van der Waals surface area (Å²) >= 11 is 0. The molecule has 2 atom stereocenters. The highest BCUT2D eigenvalue weighted by Gasteiger charge is 2.46. The molecule has 0 aromatic heterocycles. The van der Waals surface area contributed by atoms with Crippen molar-refractivity contribution in [2.45, 2.75) is 26.2 Å². The highest BCUT2D eigenvalue weighted by atomic mass is 16.2. The molecule has 2 aliphatic rings. The van der Waals surface area contributed by atoms with Crippen LogP contribution in [0.1, 0.15) is 36.5 Å². The van der Waals surface area contributed by atoms with Gasteiger partial charge in [0.15, 0.2) is 5.78 Å². The van der Waals surface area contributed by atoms with Crippen LogP contribution >= 0.6 is 0 Å². The summed E-state index contributed by atoms with van der Waals surface area (Å²) in [5.41, 5.74) is 1.04. The molecular weight excluding hydrogens is 320 g/mol. The maximum atomic E-state index is 12.3. The normalized spacial score (nSPS) is 22.0. The zero-order chi connectivity index (χ0) is 18.0. The van der Waals surface area contributed by atoms with Crippen LogP contribution in [0.15, 0.2) is 36.4 Å². The van der Waals surface area contributed by atoms with E-state index >= 15 is 0 Å². The third kappa shape index (κ3) is 3.52. The largest absolute Gasteiger partial charge is 0.326 e. The molecule has 1 fully saturated rings. The fourth-order valence-electron chi connectivity index (χ4n) is 3.34. The van der Waals surface area contributed by atoms with E-state index in [4.69, 9.17) is 0 Å². The first-order valence-electron chi connectivity index (χ1n) is 8.38. The summed E-state index contributed by atoms with van der Waals surface area (Å²) in [5.74, 6) is -1.27. The average molecular weight is 340 g/mol. The van der Waals surface area contributed by atoms with Crippen molar-refractivity contribution in [3.63, 3.8) is 0 Å². The summed E-state index contributed by atoms with van der Waals surface area (Å²) in [5, 5.41) is 2.70. The topological polar surface area (TPSA) is 83.6 Å². The summed E-state index contributed by atoms with van der Waals surface area (Å²) in [6, 6.07) is 6.66. The first-order valence-corrected chi connectivity index (χ1v) is 8.38. The van der Waals surface area contributed by atoms with Gasteiger partial charge in [-0.15, -0.1) is 0 Å². The van der Waals surface area contributed by atoms with Gasteiger partial charge >= 0.3 is 0 Å². The Labute approximate surface area is 145 Å². The molecule has 1 aromatic carbocycles. The van der Waals surface area contributed by atoms with Crippen LogP contribution in [0.3, 0.4) is 0 Å². The van der Waals surface area contributed by atoms with Gasteiger partial charge in [-0.1, -0.05) is 24.3 Å². The highest BCUT2D eigenvalue weighted by molar-refractivity contribution is 6.06. The minimum atomic E-state index is -0.297. The van der Waals surface area contributed by atoms with Gasteiger partial charge < -0.3 is 5.32 Å². The predicted molar refractivity (Wildman–Crippen MR) is 91.8 cm³/mol. The molecule has 0 spiro atoms. The molecule has 3 rings (SSSR count). The molecule has 1 N–H and O–H groups in total. The van der Waals surface area contributed by atoms with Crippen molar-refractivity contribution in [3.8, 4) is 0 Å². The molecule has 130 valence electrons. The Morgan fingerprint density at radius 3 is 2.36 bits per heavy atom. The lowest BCUT2D eigenvalue weighted by atomic mass is 9.85. The quantitative estimate of drug-likeness (QED) is 0.506. The monoisotopic (exact) mass is 340 g/mol. The minimum Gasteiger partial charge on any atom is -0.326 e. The van der Waals surface area contributed by atoms with Gasteiger partial charge in [-0.05, 0) is 31.9 Å². The SMILES string of the molecule is CC(=O)c1cccc(NC(=O)CCN2C(=O)[C@@H]3CC=CC[C@H]3C2=O)c1. The molecule has 0 radical (unpaired) electrons. The molecule has 6 nitrogen and oxygen atoms in total. The number of carbonyl (C=O) groups excluding carboxylic acids is 4. The van der Waals surface area contributed by atoms with Gasteiger partial charge in [-0.3, -0.25) is 24.1 Å². The number of carbonyl (C=O) groups is 4. The Hall–Kier alpha value is -2.76. The second-order valence-corrected chi connectivity index (χ2v) is 6.42. The standard InChI is InChI=1S/C19H20N2O4/c1-12(22)13-5-4-6-14(11-13)20-17(23)9-10-21-18(24)15-7-2-3-8-16(15)19(21)25/h2-6,11,15-16H,7-10H2,1H3,(H,20,23)/t15-,16-/m1/s1. The van der Waals surface area contributed by atoms with E-state index in [0.717, 1.165) is 0 Å². The number of Topliss-reactive ketones (excluding diaryl/α,β-unsaturated/α-hetero) is 1.